The maximum absolute atomic E-state index is 5.48. The number of morpholine rings is 1. The summed E-state index contributed by atoms with van der Waals surface area (Å²) in [4.78, 5) is 9.81. The van der Waals surface area contributed by atoms with Gasteiger partial charge in [-0.05, 0) is 38.8 Å². The predicted molar refractivity (Wildman–Crippen MR) is 99.9 cm³/mol. The summed E-state index contributed by atoms with van der Waals surface area (Å²) in [6.45, 7) is 13.0. The Labute approximate surface area is 145 Å². The van der Waals surface area contributed by atoms with E-state index < -0.39 is 0 Å². The van der Waals surface area contributed by atoms with Gasteiger partial charge in [-0.3, -0.25) is 9.89 Å². The van der Waals surface area contributed by atoms with Crippen molar-refractivity contribution in [3.8, 4) is 0 Å². The monoisotopic (exact) mass is 330 g/mol. The third kappa shape index (κ3) is 3.73. The Balaban J connectivity index is 1.74. The molecule has 2 aliphatic heterocycles. The third-order valence-electron chi connectivity index (χ3n) is 4.96. The third-order valence-corrected chi connectivity index (χ3v) is 4.96. The summed E-state index contributed by atoms with van der Waals surface area (Å²) in [7, 11) is 0. The van der Waals surface area contributed by atoms with Crippen molar-refractivity contribution < 1.29 is 4.74 Å². The van der Waals surface area contributed by atoms with E-state index in [1.165, 1.54) is 11.3 Å². The van der Waals surface area contributed by atoms with Crippen LogP contribution >= 0.6 is 0 Å². The molecule has 2 heterocycles. The number of benzene rings is 1. The second kappa shape index (κ2) is 7.53. The molecule has 3 rings (SSSR count). The van der Waals surface area contributed by atoms with Gasteiger partial charge in [-0.2, -0.15) is 0 Å². The highest BCUT2D eigenvalue weighted by atomic mass is 16.5. The van der Waals surface area contributed by atoms with Crippen LogP contribution < -0.4 is 10.2 Å². The lowest BCUT2D eigenvalue weighted by Crippen LogP contribution is -2.52. The van der Waals surface area contributed by atoms with Crippen molar-refractivity contribution in [2.24, 2.45) is 4.99 Å². The first-order valence-electron chi connectivity index (χ1n) is 9.08. The van der Waals surface area contributed by atoms with Gasteiger partial charge in [-0.25, -0.2) is 0 Å². The second-order valence-corrected chi connectivity index (χ2v) is 7.11. The Kier molecular flexibility index (Phi) is 5.41. The molecule has 1 aromatic rings. The summed E-state index contributed by atoms with van der Waals surface area (Å²) in [5.41, 5.74) is 2.75. The normalized spacial score (nSPS) is 19.5. The van der Waals surface area contributed by atoms with Crippen LogP contribution in [-0.4, -0.2) is 62.3 Å². The van der Waals surface area contributed by atoms with Gasteiger partial charge in [-0.1, -0.05) is 18.2 Å². The summed E-state index contributed by atoms with van der Waals surface area (Å²) in [5.74, 6) is 1.00. The molecule has 0 spiro atoms. The molecule has 0 aromatic heterocycles. The van der Waals surface area contributed by atoms with Crippen molar-refractivity contribution in [1.29, 1.82) is 0 Å². The first-order chi connectivity index (χ1) is 11.6. The number of hydrogen-bond acceptors (Lipinski definition) is 3. The summed E-state index contributed by atoms with van der Waals surface area (Å²) in [6, 6.07) is 8.64. The van der Waals surface area contributed by atoms with Crippen LogP contribution in [0.1, 0.15) is 26.3 Å². The maximum Gasteiger partial charge on any atom is 0.198 e. The average molecular weight is 330 g/mol. The van der Waals surface area contributed by atoms with Gasteiger partial charge in [-0.15, -0.1) is 0 Å². The van der Waals surface area contributed by atoms with Crippen molar-refractivity contribution in [3.63, 3.8) is 0 Å². The number of hydrogen-bond donors (Lipinski definition) is 1. The minimum Gasteiger partial charge on any atom is -0.379 e. The van der Waals surface area contributed by atoms with Crippen LogP contribution in [0.4, 0.5) is 5.69 Å². The quantitative estimate of drug-likeness (QED) is 0.678. The largest absolute Gasteiger partial charge is 0.379 e. The topological polar surface area (TPSA) is 40.1 Å². The second-order valence-electron chi connectivity index (χ2n) is 7.11. The molecule has 2 aliphatic rings. The van der Waals surface area contributed by atoms with Gasteiger partial charge in [0, 0.05) is 37.4 Å². The fourth-order valence-electron chi connectivity index (χ4n) is 3.49. The fraction of sp³-hybridized carbons (Fsp3) is 0.632. The van der Waals surface area contributed by atoms with E-state index in [2.05, 4.69) is 60.2 Å². The summed E-state index contributed by atoms with van der Waals surface area (Å²) in [5, 5.41) is 3.47. The molecule has 5 nitrogen and oxygen atoms in total. The van der Waals surface area contributed by atoms with E-state index >= 15 is 0 Å². The van der Waals surface area contributed by atoms with Gasteiger partial charge in [0.05, 0.1) is 19.8 Å². The van der Waals surface area contributed by atoms with E-state index in [1.54, 1.807) is 0 Å². The predicted octanol–water partition coefficient (Wildman–Crippen LogP) is 2.13. The molecule has 1 N–H and O–H groups in total. The van der Waals surface area contributed by atoms with E-state index in [0.717, 1.165) is 58.3 Å². The lowest BCUT2D eigenvalue weighted by molar-refractivity contribution is -0.00682. The molecule has 5 heteroatoms. The van der Waals surface area contributed by atoms with Gasteiger partial charge in [0.1, 0.15) is 0 Å². The molecule has 0 atom stereocenters. The number of nitrogens with one attached hydrogen (secondary N) is 1. The molecule has 0 saturated carbocycles. The zero-order chi connectivity index (χ0) is 17.0. The van der Waals surface area contributed by atoms with E-state index in [-0.39, 0.29) is 5.54 Å². The SMILES string of the molecule is CCNC(=NCC(C)(C)N1CCOCC1)N1CCc2ccccc21. The molecule has 24 heavy (non-hydrogen) atoms. The van der Waals surface area contributed by atoms with Crippen molar-refractivity contribution in [3.05, 3.63) is 29.8 Å². The Morgan fingerprint density at radius 3 is 2.71 bits per heavy atom. The van der Waals surface area contributed by atoms with Crippen molar-refractivity contribution in [2.75, 3.05) is 50.8 Å². The minimum atomic E-state index is 0.0453. The Bertz CT molecular complexity index is 578. The van der Waals surface area contributed by atoms with Gasteiger partial charge >= 0.3 is 0 Å². The van der Waals surface area contributed by atoms with Crippen molar-refractivity contribution in [2.45, 2.75) is 32.7 Å². The van der Waals surface area contributed by atoms with Crippen molar-refractivity contribution in [1.82, 2.24) is 10.2 Å². The van der Waals surface area contributed by atoms with Crippen LogP contribution in [-0.2, 0) is 11.2 Å². The molecule has 0 radical (unpaired) electrons. The minimum absolute atomic E-state index is 0.0453. The van der Waals surface area contributed by atoms with E-state index in [9.17, 15) is 0 Å². The van der Waals surface area contributed by atoms with E-state index in [1.807, 2.05) is 0 Å². The summed E-state index contributed by atoms with van der Waals surface area (Å²) >= 11 is 0. The van der Waals surface area contributed by atoms with Gasteiger partial charge in [0.15, 0.2) is 5.96 Å². The van der Waals surface area contributed by atoms with Gasteiger partial charge in [0.25, 0.3) is 0 Å². The summed E-state index contributed by atoms with van der Waals surface area (Å²) < 4.78 is 5.48. The van der Waals surface area contributed by atoms with E-state index in [0.29, 0.717) is 0 Å². The van der Waals surface area contributed by atoms with Crippen LogP contribution in [0.15, 0.2) is 29.3 Å². The molecule has 0 amide bonds. The number of para-hydroxylation sites is 1. The summed E-state index contributed by atoms with van der Waals surface area (Å²) in [6.07, 6.45) is 1.09. The molecule has 1 aromatic carbocycles. The first-order valence-corrected chi connectivity index (χ1v) is 9.08. The molecular weight excluding hydrogens is 300 g/mol. The molecule has 0 bridgehead atoms. The number of anilines is 1. The van der Waals surface area contributed by atoms with Crippen LogP contribution in [0.3, 0.4) is 0 Å². The maximum atomic E-state index is 5.48. The number of nitrogens with zero attached hydrogens (tertiary/aromatic N) is 3. The van der Waals surface area contributed by atoms with Crippen molar-refractivity contribution >= 4 is 11.6 Å². The number of fused-ring (bicyclic) bond motifs is 1. The zero-order valence-electron chi connectivity index (χ0n) is 15.2. The van der Waals surface area contributed by atoms with Gasteiger partial charge < -0.3 is 15.0 Å². The average Bonchev–Trinajstić information content (AvgIpc) is 3.03. The number of rotatable bonds is 4. The Hall–Kier alpha value is -1.59. The molecule has 1 fully saturated rings. The lowest BCUT2D eigenvalue weighted by Gasteiger charge is -2.40. The van der Waals surface area contributed by atoms with Crippen LogP contribution in [0.2, 0.25) is 0 Å². The molecule has 0 unspecified atom stereocenters. The fourth-order valence-corrected chi connectivity index (χ4v) is 3.49. The highest BCUT2D eigenvalue weighted by molar-refractivity contribution is 5.98. The molecule has 132 valence electrons. The Morgan fingerprint density at radius 1 is 1.21 bits per heavy atom. The van der Waals surface area contributed by atoms with E-state index in [4.69, 9.17) is 9.73 Å². The lowest BCUT2D eigenvalue weighted by atomic mass is 10.0. The number of ether oxygens (including phenoxy) is 1. The van der Waals surface area contributed by atoms with Crippen LogP contribution in [0.25, 0.3) is 0 Å². The highest BCUT2D eigenvalue weighted by Gasteiger charge is 2.29. The molecule has 0 aliphatic carbocycles. The standard InChI is InChI=1S/C19H30N4O/c1-4-20-18(23-10-9-16-7-5-6-8-17(16)23)21-15-19(2,3)22-11-13-24-14-12-22/h5-8H,4,9-15H2,1-3H3,(H,20,21). The number of aliphatic imine (C=N–C) groups is 1. The molecular formula is C19H30N4O. The van der Waals surface area contributed by atoms with Gasteiger partial charge in [0.2, 0.25) is 0 Å². The number of guanidine groups is 1. The first kappa shape index (κ1) is 17.2. The van der Waals surface area contributed by atoms with Crippen LogP contribution in [0.5, 0.6) is 0 Å². The molecule has 1 saturated heterocycles. The smallest absolute Gasteiger partial charge is 0.198 e. The highest BCUT2D eigenvalue weighted by Crippen LogP contribution is 2.27. The Morgan fingerprint density at radius 2 is 1.96 bits per heavy atom. The zero-order valence-corrected chi connectivity index (χ0v) is 15.2. The van der Waals surface area contributed by atoms with Crippen LogP contribution in [0, 0.1) is 0 Å².